The number of carbonyl (C=O) groups excluding carboxylic acids is 4. The smallest absolute Gasteiger partial charge is 0.396 e. The number of aliphatic hydroxyl groups is 4. The molecule has 4 aromatic heterocycles. The molecule has 660 valence electrons. The van der Waals surface area contributed by atoms with Crippen molar-refractivity contribution in [3.63, 3.8) is 0 Å². The number of nitrogens with zero attached hydrogens (tertiary/aromatic N) is 8. The summed E-state index contributed by atoms with van der Waals surface area (Å²) >= 11 is 0. The fourth-order valence-electron chi connectivity index (χ4n) is 24.2. The molecule has 4 aliphatic carbocycles. The van der Waals surface area contributed by atoms with Gasteiger partial charge in [-0.3, -0.25) is 33.9 Å². The molecule has 123 heavy (non-hydrogen) atoms. The minimum Gasteiger partial charge on any atom is -0.396 e. The van der Waals surface area contributed by atoms with Gasteiger partial charge >= 0.3 is 12.4 Å². The van der Waals surface area contributed by atoms with Crippen LogP contribution in [0, 0.1) is 47.3 Å². The standard InChI is InChI=1S/C25H34N2O2.2C24H26F4N2O2.C24H28F2N2O2/c1-4-16(15-28)11-22(29)17-13-25(2)19-7-5-8-21-24(19)18(12-23(25)26(3)14-17)20-9-6-10-27(20)21;2*1-29-11-13(21(32)9-14(12-31)23(25)24(26,27)28)8-16-15-4-2-5-19-22(15)17(10-20(16)29)18-6-3-7-30(18)19;1-24(25,26)15(13-29)10-22(30)14-9-17-16-5-3-6-20-23(16)18(11-21(17)27(2)12-14)19-7-4-8-28(19)20/h5,7-8,16-17,23,28H,4,6,9-15H2,1-3H3;2*2,4-5,8,13-14,20,23,31H,3,6-7,9-12H2,1H3;3,5-6,9,14-15,21,29H,4,7-8,10-13H2,1-2H3. The first-order chi connectivity index (χ1) is 58.7. The molecule has 0 radical (unpaired) electrons. The van der Waals surface area contributed by atoms with Crippen LogP contribution in [0.4, 0.5) is 43.9 Å². The highest BCUT2D eigenvalue weighted by Crippen LogP contribution is 2.54. The lowest BCUT2D eigenvalue weighted by Crippen LogP contribution is -2.58. The van der Waals surface area contributed by atoms with Gasteiger partial charge in [-0.15, -0.1) is 0 Å². The van der Waals surface area contributed by atoms with Gasteiger partial charge in [0.25, 0.3) is 5.92 Å². The van der Waals surface area contributed by atoms with Crippen LogP contribution in [0.5, 0.6) is 0 Å². The summed E-state index contributed by atoms with van der Waals surface area (Å²) < 4.78 is 141. The van der Waals surface area contributed by atoms with Crippen LogP contribution >= 0.6 is 0 Å². The number of hydrogen-bond acceptors (Lipinski definition) is 12. The monoisotopic (exact) mass is 1710 g/mol. The average Bonchev–Trinajstić information content (AvgIpc) is 1.49. The number of aromatic nitrogens is 4. The maximum absolute atomic E-state index is 13.8. The highest BCUT2D eigenvalue weighted by molar-refractivity contribution is 6.04. The van der Waals surface area contributed by atoms with Gasteiger partial charge in [-0.25, -0.2) is 17.6 Å². The van der Waals surface area contributed by atoms with Gasteiger partial charge in [-0.05, 0) is 210 Å². The van der Waals surface area contributed by atoms with E-state index >= 15 is 0 Å². The van der Waals surface area contributed by atoms with Crippen LogP contribution in [0.25, 0.3) is 60.3 Å². The van der Waals surface area contributed by atoms with Crippen molar-refractivity contribution in [1.82, 2.24) is 37.9 Å². The van der Waals surface area contributed by atoms with Gasteiger partial charge in [0.05, 0.1) is 12.5 Å². The molecular weight excluding hydrogens is 1600 g/mol. The summed E-state index contributed by atoms with van der Waals surface area (Å²) in [5, 5.41) is 42.8. The maximum Gasteiger partial charge on any atom is 0.420 e. The van der Waals surface area contributed by atoms with Gasteiger partial charge in [0.2, 0.25) is 12.3 Å². The molecule has 8 aromatic rings. The molecule has 0 amide bonds. The first-order valence-corrected chi connectivity index (χ1v) is 44.5. The number of aliphatic hydroxyl groups excluding tert-OH is 4. The molecule has 1 saturated heterocycles. The molecule has 15 unspecified atom stereocenters. The SMILES string of the molecule is CCC(CO)CC(=O)C1CN(C)C2Cc3c4n(c5cccc(c35)C2(C)C1)CCC4.CN1CC(C(=O)CC(CO)C(C)(F)F)C=C2c3cccc4c3c(c3n4CCC3)CC21.CN1CC(C(=O)CC(CO)C(F)C(F)(F)F)C=C2c3cccc4c3c(c3n4CCC3)CC21.CN1CC(C(=O)CC(CO)C(F)C(F)(F)F)C=C2c3cccc4c3c(c3n4CCC3)CC21. The van der Waals surface area contributed by atoms with Crippen molar-refractivity contribution in [3.8, 4) is 0 Å². The van der Waals surface area contributed by atoms with E-state index in [0.717, 1.165) is 138 Å². The lowest BCUT2D eigenvalue weighted by atomic mass is 9.61. The maximum atomic E-state index is 13.8. The number of likely N-dealkylation sites (N-methyl/N-ethyl adjacent to an activating group) is 4. The van der Waals surface area contributed by atoms with Crippen molar-refractivity contribution < 1.29 is 83.5 Å². The fraction of sp³-hybridized carbons (Fsp3) is 0.567. The molecule has 20 rings (SSSR count). The number of piperidine rings is 1. The zero-order valence-corrected chi connectivity index (χ0v) is 71.2. The summed E-state index contributed by atoms with van der Waals surface area (Å²) in [5.74, 6) is -10.3. The molecule has 26 heteroatoms. The Hall–Kier alpha value is -8.08. The van der Waals surface area contributed by atoms with Gasteiger partial charge < -0.3 is 43.6 Å². The van der Waals surface area contributed by atoms with Crippen LogP contribution in [-0.2, 0) is 102 Å². The van der Waals surface area contributed by atoms with E-state index in [1.54, 1.807) is 11.3 Å². The van der Waals surface area contributed by atoms with E-state index in [1.807, 2.05) is 51.5 Å². The Bertz CT molecular complexity index is 5390. The molecule has 0 bridgehead atoms. The number of benzene rings is 4. The number of Topliss-reactive ketones (excluding diaryl/α,β-unsaturated/α-hetero) is 4. The highest BCUT2D eigenvalue weighted by atomic mass is 19.4. The first kappa shape index (κ1) is 87.0. The number of ketones is 4. The van der Waals surface area contributed by atoms with E-state index in [4.69, 9.17) is 0 Å². The molecule has 0 saturated carbocycles. The zero-order valence-electron chi connectivity index (χ0n) is 71.2. The van der Waals surface area contributed by atoms with Crippen LogP contribution in [0.15, 0.2) is 91.0 Å². The van der Waals surface area contributed by atoms with Gasteiger partial charge in [0.1, 0.15) is 23.1 Å². The van der Waals surface area contributed by atoms with Gasteiger partial charge in [-0.2, -0.15) is 26.3 Å². The van der Waals surface area contributed by atoms with Crippen LogP contribution in [0.1, 0.15) is 152 Å². The van der Waals surface area contributed by atoms with Gasteiger partial charge in [0, 0.05) is 229 Å². The van der Waals surface area contributed by atoms with E-state index in [-0.39, 0.29) is 54.2 Å². The predicted octanol–water partition coefficient (Wildman–Crippen LogP) is 15.2. The number of aryl methyl sites for hydroxylation is 4. The summed E-state index contributed by atoms with van der Waals surface area (Å²) in [7, 11) is 8.09. The zero-order chi connectivity index (χ0) is 87.1. The number of halogens is 10. The number of rotatable bonds is 20. The Morgan fingerprint density at radius 1 is 0.447 bits per heavy atom. The second-order valence-electron chi connectivity index (χ2n) is 37.9. The second kappa shape index (κ2) is 33.6. The number of carbonyl (C=O) groups is 4. The quantitative estimate of drug-likeness (QED) is 0.0531. The van der Waals surface area contributed by atoms with E-state index < -0.39 is 110 Å². The van der Waals surface area contributed by atoms with Crippen molar-refractivity contribution in [3.05, 3.63) is 158 Å². The second-order valence-corrected chi connectivity index (χ2v) is 37.9. The minimum absolute atomic E-state index is 0.00339. The van der Waals surface area contributed by atoms with E-state index in [2.05, 4.69) is 119 Å². The number of likely N-dealkylation sites (tertiary alicyclic amines) is 1. The van der Waals surface area contributed by atoms with Crippen molar-refractivity contribution in [1.29, 1.82) is 0 Å². The molecule has 4 N–H and O–H groups in total. The van der Waals surface area contributed by atoms with Crippen LogP contribution in [0.2, 0.25) is 0 Å². The third-order valence-electron chi connectivity index (χ3n) is 30.5. The lowest BCUT2D eigenvalue weighted by Gasteiger charge is -2.52. The Morgan fingerprint density at radius 2 is 0.805 bits per heavy atom. The van der Waals surface area contributed by atoms with Crippen molar-refractivity contribution in [2.45, 2.75) is 223 Å². The third-order valence-corrected chi connectivity index (χ3v) is 30.5. The average molecular weight is 1710 g/mol. The lowest BCUT2D eigenvalue weighted by molar-refractivity contribution is -0.199. The van der Waals surface area contributed by atoms with Crippen molar-refractivity contribution in [2.75, 3.05) is 80.8 Å². The van der Waals surface area contributed by atoms with Crippen LogP contribution in [-0.4, -0.2) is 217 Å². The third kappa shape index (κ3) is 15.3. The molecule has 4 aromatic carbocycles. The van der Waals surface area contributed by atoms with Gasteiger partial charge in [-0.1, -0.05) is 87.0 Å². The Labute approximate surface area is 710 Å². The molecule has 12 heterocycles. The molecular formula is C97H114F10N8O8. The summed E-state index contributed by atoms with van der Waals surface area (Å²) in [5.41, 5.74) is 24.7. The largest absolute Gasteiger partial charge is 0.420 e. The van der Waals surface area contributed by atoms with Gasteiger partial charge in [0.15, 0.2) is 0 Å². The van der Waals surface area contributed by atoms with Crippen molar-refractivity contribution >= 4 is 83.5 Å². The minimum atomic E-state index is -5.09. The summed E-state index contributed by atoms with van der Waals surface area (Å²) in [6, 6.07) is 26.5. The number of alkyl halides is 10. The van der Waals surface area contributed by atoms with Crippen LogP contribution in [0.3, 0.4) is 0 Å². The van der Waals surface area contributed by atoms with Crippen LogP contribution < -0.4 is 0 Å². The van der Waals surface area contributed by atoms with E-state index in [0.29, 0.717) is 37.9 Å². The molecule has 12 aliphatic rings. The topological polar surface area (TPSA) is 182 Å². The summed E-state index contributed by atoms with van der Waals surface area (Å²) in [6.07, 6.45) is 2.82. The molecule has 8 aliphatic heterocycles. The Balaban J connectivity index is 0.000000116. The predicted molar refractivity (Wildman–Crippen MR) is 455 cm³/mol. The summed E-state index contributed by atoms with van der Waals surface area (Å²) in [4.78, 5) is 60.7. The van der Waals surface area contributed by atoms with E-state index in [1.165, 1.54) is 108 Å². The molecule has 0 spiro atoms. The Morgan fingerprint density at radius 3 is 1.15 bits per heavy atom. The van der Waals surface area contributed by atoms with E-state index in [9.17, 15) is 83.5 Å². The Kier molecular flexibility index (Phi) is 23.8. The van der Waals surface area contributed by atoms with Crippen molar-refractivity contribution in [2.24, 2.45) is 47.3 Å². The molecule has 16 nitrogen and oxygen atoms in total. The fourth-order valence-corrected chi connectivity index (χ4v) is 24.2. The number of hydrogen-bond donors (Lipinski definition) is 4. The highest BCUT2D eigenvalue weighted by Gasteiger charge is 2.53. The summed E-state index contributed by atoms with van der Waals surface area (Å²) in [6.45, 7) is 8.96. The number of fused-ring (bicyclic) bond motifs is 20. The molecule has 1 fully saturated rings. The first-order valence-electron chi connectivity index (χ1n) is 44.5. The normalized spacial score (nSPS) is 25.8. The molecule has 15 atom stereocenters.